The summed E-state index contributed by atoms with van der Waals surface area (Å²) in [4.78, 5) is 13.8. The SMILES string of the molecule is CCCC/C=C\CCCCCCCCC/C(=C/C(=O)N(C)C)CCCCCCCCC. The summed E-state index contributed by atoms with van der Waals surface area (Å²) < 4.78 is 0. The summed E-state index contributed by atoms with van der Waals surface area (Å²) >= 11 is 0. The molecule has 0 aromatic carbocycles. The predicted octanol–water partition coefficient (Wildman–Crippen LogP) is 9.40. The van der Waals surface area contributed by atoms with Crippen LogP contribution in [-0.2, 0) is 4.79 Å². The molecule has 0 unspecified atom stereocenters. The number of allylic oxidation sites excluding steroid dienone is 3. The van der Waals surface area contributed by atoms with E-state index in [-0.39, 0.29) is 5.91 Å². The van der Waals surface area contributed by atoms with Gasteiger partial charge in [-0.1, -0.05) is 115 Å². The molecule has 182 valence electrons. The fourth-order valence-corrected chi connectivity index (χ4v) is 3.94. The molecule has 0 fully saturated rings. The van der Waals surface area contributed by atoms with Gasteiger partial charge in [0.1, 0.15) is 0 Å². The number of hydrogen-bond donors (Lipinski definition) is 0. The van der Waals surface area contributed by atoms with E-state index < -0.39 is 0 Å². The number of likely N-dealkylation sites (N-methyl/N-ethyl adjacent to an activating group) is 1. The van der Waals surface area contributed by atoms with Crippen LogP contribution >= 0.6 is 0 Å². The zero-order valence-electron chi connectivity index (χ0n) is 21.7. The van der Waals surface area contributed by atoms with Gasteiger partial charge >= 0.3 is 0 Å². The molecule has 31 heavy (non-hydrogen) atoms. The largest absolute Gasteiger partial charge is 0.345 e. The van der Waals surface area contributed by atoms with Crippen LogP contribution in [-0.4, -0.2) is 24.9 Å². The van der Waals surface area contributed by atoms with Gasteiger partial charge in [0, 0.05) is 20.2 Å². The third kappa shape index (κ3) is 22.0. The maximum absolute atomic E-state index is 12.1. The highest BCUT2D eigenvalue weighted by Gasteiger charge is 2.05. The summed E-state index contributed by atoms with van der Waals surface area (Å²) in [6, 6.07) is 0. The Morgan fingerprint density at radius 3 is 1.48 bits per heavy atom. The summed E-state index contributed by atoms with van der Waals surface area (Å²) in [7, 11) is 3.70. The van der Waals surface area contributed by atoms with Gasteiger partial charge < -0.3 is 4.90 Å². The van der Waals surface area contributed by atoms with Crippen molar-refractivity contribution in [3.63, 3.8) is 0 Å². The Morgan fingerprint density at radius 1 is 0.581 bits per heavy atom. The minimum atomic E-state index is 0.154. The third-order valence-corrected chi connectivity index (χ3v) is 6.13. The minimum Gasteiger partial charge on any atom is -0.345 e. The highest BCUT2D eigenvalue weighted by atomic mass is 16.2. The number of hydrogen-bond acceptors (Lipinski definition) is 1. The molecule has 0 heterocycles. The van der Waals surface area contributed by atoms with E-state index >= 15 is 0 Å². The number of unbranched alkanes of at least 4 members (excludes halogenated alkanes) is 15. The minimum absolute atomic E-state index is 0.154. The molecule has 0 saturated heterocycles. The van der Waals surface area contributed by atoms with E-state index in [1.54, 1.807) is 4.90 Å². The van der Waals surface area contributed by atoms with Crippen LogP contribution in [0.1, 0.15) is 142 Å². The van der Waals surface area contributed by atoms with Crippen LogP contribution in [0, 0.1) is 0 Å². The Labute approximate surface area is 195 Å². The van der Waals surface area contributed by atoms with Crippen molar-refractivity contribution in [2.24, 2.45) is 0 Å². The molecular weight excluding hydrogens is 378 g/mol. The number of carbonyl (C=O) groups is 1. The van der Waals surface area contributed by atoms with E-state index in [2.05, 4.69) is 26.0 Å². The number of nitrogens with zero attached hydrogens (tertiary/aromatic N) is 1. The molecule has 2 heteroatoms. The monoisotopic (exact) mass is 433 g/mol. The summed E-state index contributed by atoms with van der Waals surface area (Å²) in [6.45, 7) is 4.53. The Hall–Kier alpha value is -1.05. The predicted molar refractivity (Wildman–Crippen MR) is 140 cm³/mol. The van der Waals surface area contributed by atoms with Crippen molar-refractivity contribution in [2.45, 2.75) is 142 Å². The third-order valence-electron chi connectivity index (χ3n) is 6.13. The van der Waals surface area contributed by atoms with Crippen LogP contribution in [0.5, 0.6) is 0 Å². The first-order valence-corrected chi connectivity index (χ1v) is 13.7. The van der Waals surface area contributed by atoms with Gasteiger partial charge in [-0.15, -0.1) is 0 Å². The average molecular weight is 434 g/mol. The van der Waals surface area contributed by atoms with E-state index in [4.69, 9.17) is 0 Å². The molecule has 0 aliphatic carbocycles. The van der Waals surface area contributed by atoms with Gasteiger partial charge in [0.15, 0.2) is 0 Å². The van der Waals surface area contributed by atoms with Crippen molar-refractivity contribution in [1.29, 1.82) is 0 Å². The Kier molecular flexibility index (Phi) is 22.8. The van der Waals surface area contributed by atoms with Crippen LogP contribution in [0.15, 0.2) is 23.8 Å². The lowest BCUT2D eigenvalue weighted by Crippen LogP contribution is -2.19. The summed E-state index contributed by atoms with van der Waals surface area (Å²) in [5.41, 5.74) is 1.38. The number of amides is 1. The van der Waals surface area contributed by atoms with Gasteiger partial charge in [0.05, 0.1) is 0 Å². The maximum Gasteiger partial charge on any atom is 0.245 e. The fraction of sp³-hybridized carbons (Fsp3) is 0.828. The van der Waals surface area contributed by atoms with E-state index in [0.717, 1.165) is 12.8 Å². The topological polar surface area (TPSA) is 20.3 Å². The quantitative estimate of drug-likeness (QED) is 0.0945. The molecule has 0 aliphatic rings. The standard InChI is InChI=1S/C29H55NO/c1-5-7-9-11-13-14-15-16-17-18-20-22-24-26-28(27-29(31)30(3)4)25-23-21-19-12-10-8-6-2/h11,13,27H,5-10,12,14-26H2,1-4H3/b13-11-,28-27+. The van der Waals surface area contributed by atoms with Crippen molar-refractivity contribution < 1.29 is 4.79 Å². The molecule has 0 spiro atoms. The highest BCUT2D eigenvalue weighted by molar-refractivity contribution is 5.87. The van der Waals surface area contributed by atoms with E-state index in [0.29, 0.717) is 0 Å². The molecule has 0 aromatic heterocycles. The highest BCUT2D eigenvalue weighted by Crippen LogP contribution is 2.19. The Bertz CT molecular complexity index is 450. The second kappa shape index (κ2) is 23.6. The first kappa shape index (κ1) is 29.9. The maximum atomic E-state index is 12.1. The lowest BCUT2D eigenvalue weighted by molar-refractivity contribution is -0.123. The molecule has 0 atom stereocenters. The van der Waals surface area contributed by atoms with E-state index in [9.17, 15) is 4.79 Å². The smallest absolute Gasteiger partial charge is 0.245 e. The zero-order valence-corrected chi connectivity index (χ0v) is 21.7. The van der Waals surface area contributed by atoms with Crippen molar-refractivity contribution in [1.82, 2.24) is 4.90 Å². The van der Waals surface area contributed by atoms with Crippen LogP contribution in [0.25, 0.3) is 0 Å². The summed E-state index contributed by atoms with van der Waals surface area (Å²) in [6.07, 6.45) is 32.7. The molecule has 0 rings (SSSR count). The molecule has 0 aliphatic heterocycles. The van der Waals surface area contributed by atoms with Gasteiger partial charge in [-0.05, 0) is 44.9 Å². The molecular formula is C29H55NO. The lowest BCUT2D eigenvalue weighted by atomic mass is 9.98. The van der Waals surface area contributed by atoms with Gasteiger partial charge in [0.2, 0.25) is 5.91 Å². The average Bonchev–Trinajstić information content (AvgIpc) is 2.75. The van der Waals surface area contributed by atoms with Gasteiger partial charge in [-0.25, -0.2) is 0 Å². The Morgan fingerprint density at radius 2 is 1.00 bits per heavy atom. The molecule has 0 bridgehead atoms. The number of rotatable bonds is 22. The van der Waals surface area contributed by atoms with Gasteiger partial charge in [-0.2, -0.15) is 0 Å². The molecule has 0 radical (unpaired) electrons. The number of carbonyl (C=O) groups excluding carboxylic acids is 1. The molecule has 0 N–H and O–H groups in total. The van der Waals surface area contributed by atoms with Crippen LogP contribution in [0.4, 0.5) is 0 Å². The summed E-state index contributed by atoms with van der Waals surface area (Å²) in [5.74, 6) is 0.154. The van der Waals surface area contributed by atoms with Crippen molar-refractivity contribution in [2.75, 3.05) is 14.1 Å². The van der Waals surface area contributed by atoms with Crippen LogP contribution in [0.3, 0.4) is 0 Å². The second-order valence-electron chi connectivity index (χ2n) is 9.53. The van der Waals surface area contributed by atoms with E-state index in [1.807, 2.05) is 20.2 Å². The molecule has 0 saturated carbocycles. The Balaban J connectivity index is 3.87. The normalized spacial score (nSPS) is 12.1. The summed E-state index contributed by atoms with van der Waals surface area (Å²) in [5, 5.41) is 0. The van der Waals surface area contributed by atoms with E-state index in [1.165, 1.54) is 121 Å². The fourth-order valence-electron chi connectivity index (χ4n) is 3.94. The van der Waals surface area contributed by atoms with Crippen LogP contribution < -0.4 is 0 Å². The van der Waals surface area contributed by atoms with Gasteiger partial charge in [-0.3, -0.25) is 4.79 Å². The zero-order chi connectivity index (χ0) is 23.0. The van der Waals surface area contributed by atoms with Crippen molar-refractivity contribution in [3.05, 3.63) is 23.8 Å². The lowest BCUT2D eigenvalue weighted by Gasteiger charge is -2.11. The molecule has 0 aromatic rings. The van der Waals surface area contributed by atoms with Crippen LogP contribution in [0.2, 0.25) is 0 Å². The van der Waals surface area contributed by atoms with Crippen molar-refractivity contribution >= 4 is 5.91 Å². The first-order valence-electron chi connectivity index (χ1n) is 13.7. The second-order valence-corrected chi connectivity index (χ2v) is 9.53. The molecule has 1 amide bonds. The van der Waals surface area contributed by atoms with Crippen molar-refractivity contribution in [3.8, 4) is 0 Å². The molecule has 2 nitrogen and oxygen atoms in total. The first-order chi connectivity index (χ1) is 15.1. The van der Waals surface area contributed by atoms with Gasteiger partial charge in [0.25, 0.3) is 0 Å².